The fraction of sp³-hybridized carbons (Fsp3) is 0.462. The zero-order valence-electron chi connectivity index (χ0n) is 30.5. The Morgan fingerprint density at radius 3 is 2.33 bits per heavy atom. The first-order valence-electron chi connectivity index (χ1n) is 17.4. The zero-order valence-corrected chi connectivity index (χ0v) is 31.4. The van der Waals surface area contributed by atoms with Crippen LogP contribution in [0.15, 0.2) is 66.7 Å². The van der Waals surface area contributed by atoms with Gasteiger partial charge in [-0.3, -0.25) is 14.4 Å². The molecule has 3 aromatic carbocycles. The van der Waals surface area contributed by atoms with Gasteiger partial charge in [0.15, 0.2) is 19.0 Å². The molecule has 1 saturated heterocycles. The predicted octanol–water partition coefficient (Wildman–Crippen LogP) is 3.26. The van der Waals surface area contributed by atoms with Crippen molar-refractivity contribution in [1.82, 2.24) is 15.5 Å². The van der Waals surface area contributed by atoms with Crippen molar-refractivity contribution in [1.29, 1.82) is 0 Å². The molecule has 1 fully saturated rings. The first-order valence-corrected chi connectivity index (χ1v) is 18.4. The summed E-state index contributed by atoms with van der Waals surface area (Å²) in [5.74, 6) is -0.895. The van der Waals surface area contributed by atoms with Crippen molar-refractivity contribution >= 4 is 35.2 Å². The first kappa shape index (κ1) is 39.1. The molecule has 5 rings (SSSR count). The van der Waals surface area contributed by atoms with Crippen molar-refractivity contribution in [3.63, 3.8) is 0 Å². The van der Waals surface area contributed by atoms with E-state index in [1.165, 1.54) is 16.7 Å². The van der Waals surface area contributed by atoms with Crippen LogP contribution < -0.4 is 20.7 Å². The summed E-state index contributed by atoms with van der Waals surface area (Å²) in [6, 6.07) is 18.1. The average Bonchev–Trinajstić information content (AvgIpc) is 3.61. The molecule has 0 bridgehead atoms. The summed E-state index contributed by atoms with van der Waals surface area (Å²) in [7, 11) is 3.14. The maximum absolute atomic E-state index is 14.1. The molecule has 12 nitrogen and oxygen atoms in total. The quantitative estimate of drug-likeness (QED) is 0.147. The van der Waals surface area contributed by atoms with E-state index in [9.17, 15) is 24.6 Å². The van der Waals surface area contributed by atoms with Crippen LogP contribution in [0, 0.1) is 13.8 Å². The lowest BCUT2D eigenvalue weighted by molar-refractivity contribution is -0.148. The van der Waals surface area contributed by atoms with Crippen LogP contribution in [0.4, 0.5) is 5.69 Å². The molecule has 0 radical (unpaired) electrons. The van der Waals surface area contributed by atoms with Crippen molar-refractivity contribution in [2.45, 2.75) is 81.9 Å². The smallest absolute Gasteiger partial charge is 0.258 e. The largest absolute Gasteiger partial charge is 0.483 e. The predicted molar refractivity (Wildman–Crippen MR) is 200 cm³/mol. The van der Waals surface area contributed by atoms with Crippen molar-refractivity contribution in [3.8, 4) is 5.75 Å². The summed E-state index contributed by atoms with van der Waals surface area (Å²) in [4.78, 5) is 42.8. The Morgan fingerprint density at radius 1 is 1.00 bits per heavy atom. The normalized spacial score (nSPS) is 20.2. The Labute approximate surface area is 309 Å². The lowest BCUT2D eigenvalue weighted by Crippen LogP contribution is -2.59. The van der Waals surface area contributed by atoms with Gasteiger partial charge in [0, 0.05) is 31.1 Å². The first-order chi connectivity index (χ1) is 24.8. The number of aliphatic hydroxyl groups excluding tert-OH is 2. The Balaban J connectivity index is 1.28. The van der Waals surface area contributed by atoms with Crippen LogP contribution in [0.3, 0.4) is 0 Å². The molecule has 3 amide bonds. The van der Waals surface area contributed by atoms with Crippen LogP contribution in [0.2, 0.25) is 0 Å². The highest BCUT2D eigenvalue weighted by Gasteiger charge is 2.50. The summed E-state index contributed by atoms with van der Waals surface area (Å²) in [6.45, 7) is 7.61. The fourth-order valence-corrected chi connectivity index (χ4v) is 8.11. The van der Waals surface area contributed by atoms with E-state index in [4.69, 9.17) is 14.2 Å². The van der Waals surface area contributed by atoms with E-state index in [2.05, 4.69) is 16.0 Å². The number of rotatable bonds is 15. The second-order valence-corrected chi connectivity index (χ2v) is 15.5. The molecular weight excluding hydrogens is 685 g/mol. The second kappa shape index (κ2) is 17.1. The number of benzene rings is 3. The lowest BCUT2D eigenvalue weighted by atomic mass is 9.96. The van der Waals surface area contributed by atoms with E-state index in [1.54, 1.807) is 14.2 Å². The lowest BCUT2D eigenvalue weighted by Gasteiger charge is -2.34. The van der Waals surface area contributed by atoms with Crippen molar-refractivity contribution in [2.75, 3.05) is 38.6 Å². The van der Waals surface area contributed by atoms with Crippen LogP contribution >= 0.6 is 11.8 Å². The molecule has 0 saturated carbocycles. The molecule has 2 aliphatic rings. The zero-order chi connectivity index (χ0) is 37.6. The third kappa shape index (κ3) is 9.07. The molecule has 5 N–H and O–H groups in total. The number of hydrogen-bond acceptors (Lipinski definition) is 10. The molecule has 0 aromatic heterocycles. The van der Waals surface area contributed by atoms with Gasteiger partial charge in [0.25, 0.3) is 11.8 Å². The van der Waals surface area contributed by atoms with Gasteiger partial charge in [-0.25, -0.2) is 0 Å². The molecular formula is C39H50N4O8S. The molecule has 0 unspecified atom stereocenters. The second-order valence-electron chi connectivity index (χ2n) is 13.9. The van der Waals surface area contributed by atoms with Crippen molar-refractivity contribution < 1.29 is 38.8 Å². The molecule has 0 spiro atoms. The van der Waals surface area contributed by atoms with E-state index in [0.717, 1.165) is 33.5 Å². The van der Waals surface area contributed by atoms with Crippen molar-refractivity contribution in [2.24, 2.45) is 0 Å². The van der Waals surface area contributed by atoms with Gasteiger partial charge in [0.1, 0.15) is 11.8 Å². The molecule has 3 aromatic rings. The molecule has 1 heterocycles. The Bertz CT molecular complexity index is 1700. The van der Waals surface area contributed by atoms with E-state index in [-0.39, 0.29) is 18.9 Å². The highest BCUT2D eigenvalue weighted by molar-refractivity contribution is 8.00. The van der Waals surface area contributed by atoms with Gasteiger partial charge >= 0.3 is 0 Å². The molecule has 280 valence electrons. The van der Waals surface area contributed by atoms with Crippen LogP contribution in [-0.2, 0) is 36.7 Å². The maximum atomic E-state index is 14.1. The number of carbonyl (C=O) groups excluding carboxylic acids is 3. The molecule has 5 atom stereocenters. The van der Waals surface area contributed by atoms with Crippen molar-refractivity contribution in [3.05, 3.63) is 94.5 Å². The summed E-state index contributed by atoms with van der Waals surface area (Å²) >= 11 is 1.43. The van der Waals surface area contributed by atoms with Gasteiger partial charge in [0.05, 0.1) is 30.6 Å². The van der Waals surface area contributed by atoms with Gasteiger partial charge in [0.2, 0.25) is 5.91 Å². The Kier molecular flexibility index (Phi) is 12.9. The van der Waals surface area contributed by atoms with E-state index < -0.39 is 59.1 Å². The third-order valence-corrected chi connectivity index (χ3v) is 11.0. The van der Waals surface area contributed by atoms with Gasteiger partial charge in [-0.15, -0.1) is 11.8 Å². The number of nitrogens with zero attached hydrogens (tertiary/aromatic N) is 1. The minimum absolute atomic E-state index is 0.161. The number of fused-ring (bicyclic) bond motifs is 1. The summed E-state index contributed by atoms with van der Waals surface area (Å²) in [5.41, 5.74) is 5.08. The van der Waals surface area contributed by atoms with Crippen LogP contribution in [0.1, 0.15) is 47.7 Å². The van der Waals surface area contributed by atoms with Gasteiger partial charge in [-0.1, -0.05) is 54.6 Å². The minimum Gasteiger partial charge on any atom is -0.483 e. The number of anilines is 1. The SMILES string of the molecule is COC(CNc1cc(C)c(OCC(=O)N[C@@H](Cc2ccccc2)[C@H](O)C(=O)N2CSC(C)(C)[C@H]2C(=O)N[C@H]2c3ccccc3C[C@H]2O)c(C)c1)OC. The number of amides is 3. The van der Waals surface area contributed by atoms with Crippen LogP contribution in [-0.4, -0.2) is 101 Å². The number of thioether (sulfide) groups is 1. The van der Waals surface area contributed by atoms with Crippen LogP contribution in [0.5, 0.6) is 5.75 Å². The number of carbonyl (C=O) groups is 3. The molecule has 1 aliphatic heterocycles. The number of ether oxygens (including phenoxy) is 3. The number of aliphatic hydroxyl groups is 2. The summed E-state index contributed by atoms with van der Waals surface area (Å²) < 4.78 is 15.8. The highest BCUT2D eigenvalue weighted by atomic mass is 32.2. The van der Waals surface area contributed by atoms with Gasteiger partial charge in [-0.2, -0.15) is 0 Å². The minimum atomic E-state index is -1.66. The fourth-order valence-electron chi connectivity index (χ4n) is 6.97. The van der Waals surface area contributed by atoms with E-state index in [1.807, 2.05) is 94.4 Å². The Hall–Kier alpha value is -4.14. The molecule has 1 aliphatic carbocycles. The third-order valence-electron chi connectivity index (χ3n) is 9.66. The molecule has 13 heteroatoms. The highest BCUT2D eigenvalue weighted by Crippen LogP contribution is 2.41. The van der Waals surface area contributed by atoms with Crippen LogP contribution in [0.25, 0.3) is 0 Å². The van der Waals surface area contributed by atoms with Gasteiger partial charge in [-0.05, 0) is 74.1 Å². The van der Waals surface area contributed by atoms with Gasteiger partial charge < -0.3 is 45.3 Å². The average molecular weight is 735 g/mol. The topological polar surface area (TPSA) is 159 Å². The number of aryl methyl sites for hydroxylation is 2. The monoisotopic (exact) mass is 734 g/mol. The number of hydrogen-bond donors (Lipinski definition) is 5. The summed E-state index contributed by atoms with van der Waals surface area (Å²) in [6.07, 6.45) is -2.29. The van der Waals surface area contributed by atoms with E-state index in [0.29, 0.717) is 18.7 Å². The standard InChI is InChI=1S/C39H50N4O8S/c1-23-16-27(40-20-32(49-5)50-6)17-24(2)35(23)51-21-31(45)41-29(18-25-12-8-7-9-13-25)34(46)38(48)43-22-52-39(3,4)36(43)37(47)42-33-28-15-11-10-14-26(28)19-30(33)44/h7-17,29-30,32-34,36,40,44,46H,18-22H2,1-6H3,(H,41,45)(H,42,47)/t29-,30+,33-,34-,36+/m0/s1. The van der Waals surface area contributed by atoms with E-state index >= 15 is 0 Å². The molecule has 52 heavy (non-hydrogen) atoms. The maximum Gasteiger partial charge on any atom is 0.258 e. The number of methoxy groups -OCH3 is 2. The summed E-state index contributed by atoms with van der Waals surface area (Å²) in [5, 5.41) is 31.5. The Morgan fingerprint density at radius 2 is 1.65 bits per heavy atom. The number of nitrogens with one attached hydrogen (secondary N) is 3.